The molecule has 2 heterocycles. The standard InChI is InChI=1S/C18H24N6O3/c1-14(2)12-27-18(26)23-9-3-8-22(10-11-23)17(25)15-4-6-16(7-5-15)24-13-19-20-21-24/h4-7,13-14H,3,8-12H2,1-2H3. The van der Waals surface area contributed by atoms with Gasteiger partial charge in [0.2, 0.25) is 0 Å². The van der Waals surface area contributed by atoms with E-state index in [0.29, 0.717) is 44.3 Å². The van der Waals surface area contributed by atoms with Crippen molar-refractivity contribution in [2.24, 2.45) is 5.92 Å². The lowest BCUT2D eigenvalue weighted by Gasteiger charge is -2.22. The zero-order valence-electron chi connectivity index (χ0n) is 15.6. The van der Waals surface area contributed by atoms with Gasteiger partial charge in [-0.2, -0.15) is 0 Å². The van der Waals surface area contributed by atoms with Crippen LogP contribution in [0.1, 0.15) is 30.6 Å². The Kier molecular flexibility index (Phi) is 6.00. The Bertz CT molecular complexity index is 760. The summed E-state index contributed by atoms with van der Waals surface area (Å²) < 4.78 is 6.82. The molecule has 0 atom stereocenters. The summed E-state index contributed by atoms with van der Waals surface area (Å²) in [4.78, 5) is 28.4. The van der Waals surface area contributed by atoms with Gasteiger partial charge in [-0.15, -0.1) is 5.10 Å². The molecule has 3 rings (SSSR count). The molecule has 1 saturated heterocycles. The van der Waals surface area contributed by atoms with Crippen LogP contribution < -0.4 is 0 Å². The van der Waals surface area contributed by atoms with E-state index in [9.17, 15) is 9.59 Å². The summed E-state index contributed by atoms with van der Waals surface area (Å²) in [6.45, 7) is 6.59. The molecule has 9 nitrogen and oxygen atoms in total. The third-order valence-electron chi connectivity index (χ3n) is 4.31. The number of benzene rings is 1. The summed E-state index contributed by atoms with van der Waals surface area (Å²) in [6.07, 6.45) is 1.92. The van der Waals surface area contributed by atoms with Crippen molar-refractivity contribution >= 4 is 12.0 Å². The zero-order chi connectivity index (χ0) is 19.2. The van der Waals surface area contributed by atoms with Crippen LogP contribution >= 0.6 is 0 Å². The molecule has 2 aromatic rings. The smallest absolute Gasteiger partial charge is 0.409 e. The number of hydrogen-bond donors (Lipinski definition) is 0. The van der Waals surface area contributed by atoms with Crippen molar-refractivity contribution in [2.45, 2.75) is 20.3 Å². The normalized spacial score (nSPS) is 14.9. The van der Waals surface area contributed by atoms with E-state index in [-0.39, 0.29) is 12.0 Å². The summed E-state index contributed by atoms with van der Waals surface area (Å²) in [5.41, 5.74) is 1.38. The third kappa shape index (κ3) is 4.81. The van der Waals surface area contributed by atoms with Gasteiger partial charge >= 0.3 is 6.09 Å². The molecule has 0 radical (unpaired) electrons. The van der Waals surface area contributed by atoms with Crippen LogP contribution in [0.4, 0.5) is 4.79 Å². The fourth-order valence-corrected chi connectivity index (χ4v) is 2.85. The molecular formula is C18H24N6O3. The van der Waals surface area contributed by atoms with Gasteiger partial charge in [-0.05, 0) is 47.0 Å². The molecule has 0 saturated carbocycles. The van der Waals surface area contributed by atoms with Crippen molar-refractivity contribution in [3.05, 3.63) is 36.2 Å². The highest BCUT2D eigenvalue weighted by molar-refractivity contribution is 5.94. The quantitative estimate of drug-likeness (QED) is 0.809. The first-order valence-electron chi connectivity index (χ1n) is 9.09. The summed E-state index contributed by atoms with van der Waals surface area (Å²) in [7, 11) is 0. The van der Waals surface area contributed by atoms with E-state index in [1.807, 2.05) is 13.8 Å². The number of tetrazole rings is 1. The fraction of sp³-hybridized carbons (Fsp3) is 0.500. The maximum absolute atomic E-state index is 12.8. The Morgan fingerprint density at radius 1 is 1.07 bits per heavy atom. The number of rotatable bonds is 4. The van der Waals surface area contributed by atoms with Gasteiger partial charge in [-0.3, -0.25) is 4.79 Å². The Morgan fingerprint density at radius 3 is 2.44 bits per heavy atom. The number of hydrogen-bond acceptors (Lipinski definition) is 6. The molecule has 144 valence electrons. The molecule has 27 heavy (non-hydrogen) atoms. The van der Waals surface area contributed by atoms with Crippen LogP contribution in [-0.4, -0.2) is 74.8 Å². The Labute approximate surface area is 157 Å². The number of amides is 2. The SMILES string of the molecule is CC(C)COC(=O)N1CCCN(C(=O)c2ccc(-n3cnnn3)cc2)CC1. The summed E-state index contributed by atoms with van der Waals surface area (Å²) in [5.74, 6) is 0.256. The van der Waals surface area contributed by atoms with Crippen molar-refractivity contribution < 1.29 is 14.3 Å². The highest BCUT2D eigenvalue weighted by Gasteiger charge is 2.23. The van der Waals surface area contributed by atoms with Crippen LogP contribution in [0, 0.1) is 5.92 Å². The second-order valence-electron chi connectivity index (χ2n) is 6.90. The topological polar surface area (TPSA) is 93.5 Å². The summed E-state index contributed by atoms with van der Waals surface area (Å²) in [6, 6.07) is 7.13. The summed E-state index contributed by atoms with van der Waals surface area (Å²) >= 11 is 0. The molecule has 0 spiro atoms. The van der Waals surface area contributed by atoms with Crippen molar-refractivity contribution in [1.29, 1.82) is 0 Å². The zero-order valence-corrected chi connectivity index (χ0v) is 15.6. The maximum atomic E-state index is 12.8. The minimum Gasteiger partial charge on any atom is -0.449 e. The molecule has 1 aromatic heterocycles. The molecule has 1 fully saturated rings. The van der Waals surface area contributed by atoms with Crippen LogP contribution in [0.25, 0.3) is 5.69 Å². The molecule has 1 aliphatic rings. The fourth-order valence-electron chi connectivity index (χ4n) is 2.85. The number of nitrogens with zero attached hydrogens (tertiary/aromatic N) is 6. The van der Waals surface area contributed by atoms with E-state index in [1.54, 1.807) is 34.1 Å². The highest BCUT2D eigenvalue weighted by Crippen LogP contribution is 2.13. The van der Waals surface area contributed by atoms with Gasteiger partial charge in [0, 0.05) is 31.7 Å². The average Bonchev–Trinajstić information content (AvgIpc) is 3.10. The van der Waals surface area contributed by atoms with Crippen molar-refractivity contribution in [3.8, 4) is 5.69 Å². The first-order valence-corrected chi connectivity index (χ1v) is 9.09. The molecular weight excluding hydrogens is 348 g/mol. The molecule has 2 amide bonds. The Morgan fingerprint density at radius 2 is 1.78 bits per heavy atom. The first kappa shape index (κ1) is 18.8. The van der Waals surface area contributed by atoms with Gasteiger partial charge in [-0.25, -0.2) is 9.48 Å². The second-order valence-corrected chi connectivity index (χ2v) is 6.90. The van der Waals surface area contributed by atoms with Gasteiger partial charge in [0.15, 0.2) is 0 Å². The Hall–Kier alpha value is -2.97. The van der Waals surface area contributed by atoms with Crippen molar-refractivity contribution in [1.82, 2.24) is 30.0 Å². The molecule has 0 bridgehead atoms. The number of aromatic nitrogens is 4. The van der Waals surface area contributed by atoms with Gasteiger partial charge in [0.05, 0.1) is 12.3 Å². The van der Waals surface area contributed by atoms with E-state index in [0.717, 1.165) is 12.1 Å². The molecule has 0 unspecified atom stereocenters. The largest absolute Gasteiger partial charge is 0.449 e. The minimum absolute atomic E-state index is 0.0457. The van der Waals surface area contributed by atoms with Gasteiger partial charge in [0.1, 0.15) is 6.33 Å². The monoisotopic (exact) mass is 372 g/mol. The number of ether oxygens (including phenoxy) is 1. The third-order valence-corrected chi connectivity index (χ3v) is 4.31. The van der Waals surface area contributed by atoms with Crippen LogP contribution in [0.2, 0.25) is 0 Å². The molecule has 0 N–H and O–H groups in total. The van der Waals surface area contributed by atoms with E-state index in [2.05, 4.69) is 15.5 Å². The lowest BCUT2D eigenvalue weighted by Crippen LogP contribution is -2.37. The molecule has 0 aliphatic carbocycles. The van der Waals surface area contributed by atoms with Gasteiger partial charge < -0.3 is 14.5 Å². The lowest BCUT2D eigenvalue weighted by molar-refractivity contribution is 0.0746. The van der Waals surface area contributed by atoms with Crippen LogP contribution in [0.5, 0.6) is 0 Å². The molecule has 9 heteroatoms. The van der Waals surface area contributed by atoms with Crippen LogP contribution in [0.3, 0.4) is 0 Å². The van der Waals surface area contributed by atoms with Crippen molar-refractivity contribution in [2.75, 3.05) is 32.8 Å². The summed E-state index contributed by atoms with van der Waals surface area (Å²) in [5, 5.41) is 11.0. The van der Waals surface area contributed by atoms with Crippen LogP contribution in [-0.2, 0) is 4.74 Å². The first-order chi connectivity index (χ1) is 13.0. The van der Waals surface area contributed by atoms with E-state index in [1.165, 1.54) is 11.0 Å². The van der Waals surface area contributed by atoms with Crippen LogP contribution in [0.15, 0.2) is 30.6 Å². The lowest BCUT2D eigenvalue weighted by atomic mass is 10.1. The van der Waals surface area contributed by atoms with Gasteiger partial charge in [-0.1, -0.05) is 13.8 Å². The second kappa shape index (κ2) is 8.61. The number of carbonyl (C=O) groups is 2. The highest BCUT2D eigenvalue weighted by atomic mass is 16.6. The molecule has 1 aromatic carbocycles. The number of carbonyl (C=O) groups excluding carboxylic acids is 2. The minimum atomic E-state index is -0.302. The Balaban J connectivity index is 1.58. The molecule has 1 aliphatic heterocycles. The predicted octanol–water partition coefficient (Wildman–Crippen LogP) is 1.60. The maximum Gasteiger partial charge on any atom is 0.409 e. The van der Waals surface area contributed by atoms with E-state index >= 15 is 0 Å². The van der Waals surface area contributed by atoms with Gasteiger partial charge in [0.25, 0.3) is 5.91 Å². The predicted molar refractivity (Wildman–Crippen MR) is 97.4 cm³/mol. The van der Waals surface area contributed by atoms with Crippen molar-refractivity contribution in [3.63, 3.8) is 0 Å². The average molecular weight is 372 g/mol. The van der Waals surface area contributed by atoms with E-state index < -0.39 is 0 Å². The van der Waals surface area contributed by atoms with E-state index in [4.69, 9.17) is 4.74 Å².